The van der Waals surface area contributed by atoms with Gasteiger partial charge in [-0.15, -0.1) is 11.3 Å². The smallest absolute Gasteiger partial charge is 0.150 e. The lowest BCUT2D eigenvalue weighted by Crippen LogP contribution is -1.86. The maximum Gasteiger partial charge on any atom is 0.150 e. The second-order valence-corrected chi connectivity index (χ2v) is 5.45. The molecule has 0 bridgehead atoms. The Balaban J connectivity index is 2.55. The summed E-state index contributed by atoms with van der Waals surface area (Å²) in [5, 5.41) is 2.17. The van der Waals surface area contributed by atoms with Crippen molar-refractivity contribution in [3.05, 3.63) is 41.5 Å². The van der Waals surface area contributed by atoms with Crippen LogP contribution in [0.1, 0.15) is 22.8 Å². The van der Waals surface area contributed by atoms with Crippen LogP contribution >= 0.6 is 11.3 Å². The number of ether oxygens (including phenoxy) is 1. The van der Waals surface area contributed by atoms with Gasteiger partial charge >= 0.3 is 0 Å². The highest BCUT2D eigenvalue weighted by Gasteiger charge is 2.14. The van der Waals surface area contributed by atoms with Crippen LogP contribution in [-0.4, -0.2) is 13.4 Å². The molecule has 96 valence electrons. The molecule has 1 heterocycles. The van der Waals surface area contributed by atoms with Crippen LogP contribution in [0, 0.1) is 0 Å². The van der Waals surface area contributed by atoms with Gasteiger partial charge in [0.2, 0.25) is 0 Å². The van der Waals surface area contributed by atoms with Crippen molar-refractivity contribution in [2.24, 2.45) is 0 Å². The molecule has 0 aliphatic carbocycles. The molecule has 2 aromatic carbocycles. The first kappa shape index (κ1) is 12.2. The van der Waals surface area contributed by atoms with Crippen molar-refractivity contribution in [3.63, 3.8) is 0 Å². The van der Waals surface area contributed by atoms with Crippen LogP contribution < -0.4 is 4.74 Å². The zero-order valence-electron chi connectivity index (χ0n) is 10.9. The lowest BCUT2D eigenvalue weighted by Gasteiger charge is -2.02. The van der Waals surface area contributed by atoms with Crippen molar-refractivity contribution in [2.45, 2.75) is 13.3 Å². The van der Waals surface area contributed by atoms with Gasteiger partial charge in [0.15, 0.2) is 6.29 Å². The molecule has 2 nitrogen and oxygen atoms in total. The Bertz CT molecular complexity index is 771. The van der Waals surface area contributed by atoms with Crippen LogP contribution in [-0.2, 0) is 6.42 Å². The number of carbonyl (C=O) groups is 1. The highest BCUT2D eigenvalue weighted by molar-refractivity contribution is 7.26. The molecule has 1 aromatic heterocycles. The van der Waals surface area contributed by atoms with Gasteiger partial charge in [0.05, 0.1) is 11.8 Å². The van der Waals surface area contributed by atoms with Crippen LogP contribution in [0.25, 0.3) is 20.2 Å². The molecule has 0 saturated carbocycles. The Kier molecular flexibility index (Phi) is 2.99. The van der Waals surface area contributed by atoms with Gasteiger partial charge in [-0.05, 0) is 24.1 Å². The minimum atomic E-state index is 0.732. The molecular formula is C16H14O2S. The fourth-order valence-corrected chi connectivity index (χ4v) is 3.91. The standard InChI is InChI=1S/C16H14O2S/c1-3-10-5-4-6-12-14-11(9-17)7-8-13(18-2)16(14)19-15(10)12/h4-9H,3H2,1-2H3. The molecule has 0 spiro atoms. The first-order chi connectivity index (χ1) is 9.30. The molecule has 0 radical (unpaired) electrons. The predicted molar refractivity (Wildman–Crippen MR) is 80.6 cm³/mol. The van der Waals surface area contributed by atoms with Gasteiger partial charge in [0, 0.05) is 21.0 Å². The normalized spacial score (nSPS) is 11.1. The quantitative estimate of drug-likeness (QED) is 0.658. The van der Waals surface area contributed by atoms with E-state index < -0.39 is 0 Å². The summed E-state index contributed by atoms with van der Waals surface area (Å²) in [6.45, 7) is 2.15. The fraction of sp³-hybridized carbons (Fsp3) is 0.188. The molecule has 0 aliphatic rings. The third-order valence-corrected chi connectivity index (χ3v) is 4.75. The van der Waals surface area contributed by atoms with Gasteiger partial charge in [0.25, 0.3) is 0 Å². The van der Waals surface area contributed by atoms with Gasteiger partial charge in [-0.3, -0.25) is 4.79 Å². The van der Waals surface area contributed by atoms with Crippen LogP contribution in [0.4, 0.5) is 0 Å². The molecule has 0 unspecified atom stereocenters. The number of thiophene rings is 1. The average molecular weight is 270 g/mol. The molecule has 3 rings (SSSR count). The van der Waals surface area contributed by atoms with E-state index in [1.807, 2.05) is 12.1 Å². The van der Waals surface area contributed by atoms with Crippen LogP contribution in [0.2, 0.25) is 0 Å². The van der Waals surface area contributed by atoms with Crippen molar-refractivity contribution in [3.8, 4) is 5.75 Å². The number of hydrogen-bond acceptors (Lipinski definition) is 3. The zero-order valence-corrected chi connectivity index (χ0v) is 11.7. The largest absolute Gasteiger partial charge is 0.495 e. The lowest BCUT2D eigenvalue weighted by atomic mass is 10.0. The topological polar surface area (TPSA) is 26.3 Å². The van der Waals surface area contributed by atoms with Crippen LogP contribution in [0.3, 0.4) is 0 Å². The van der Waals surface area contributed by atoms with Crippen molar-refractivity contribution in [1.82, 2.24) is 0 Å². The van der Waals surface area contributed by atoms with Crippen molar-refractivity contribution in [1.29, 1.82) is 0 Å². The van der Waals surface area contributed by atoms with Gasteiger partial charge in [-0.2, -0.15) is 0 Å². The number of carbonyl (C=O) groups excluding carboxylic acids is 1. The summed E-state index contributed by atoms with van der Waals surface area (Å²) in [6.07, 6.45) is 1.91. The van der Waals surface area contributed by atoms with Crippen LogP contribution in [0.15, 0.2) is 30.3 Å². The third-order valence-electron chi connectivity index (χ3n) is 3.45. The Morgan fingerprint density at radius 2 is 2.05 bits per heavy atom. The van der Waals surface area contributed by atoms with E-state index in [-0.39, 0.29) is 0 Å². The van der Waals surface area contributed by atoms with E-state index >= 15 is 0 Å². The molecule has 3 aromatic rings. The molecule has 19 heavy (non-hydrogen) atoms. The minimum absolute atomic E-state index is 0.732. The molecule has 0 N–H and O–H groups in total. The lowest BCUT2D eigenvalue weighted by molar-refractivity contribution is 0.112. The number of hydrogen-bond donors (Lipinski definition) is 0. The number of benzene rings is 2. The Labute approximate surface area is 115 Å². The number of methoxy groups -OCH3 is 1. The number of fused-ring (bicyclic) bond motifs is 3. The van der Waals surface area contributed by atoms with E-state index in [1.54, 1.807) is 18.4 Å². The van der Waals surface area contributed by atoms with Crippen LogP contribution in [0.5, 0.6) is 5.75 Å². The second kappa shape index (κ2) is 4.67. The summed E-state index contributed by atoms with van der Waals surface area (Å²) in [5.74, 6) is 0.837. The van der Waals surface area contributed by atoms with Gasteiger partial charge in [0.1, 0.15) is 5.75 Å². The summed E-state index contributed by atoms with van der Waals surface area (Å²) in [4.78, 5) is 11.3. The Morgan fingerprint density at radius 3 is 2.74 bits per heavy atom. The molecule has 3 heteroatoms. The van der Waals surface area contributed by atoms with E-state index in [9.17, 15) is 4.79 Å². The first-order valence-corrected chi connectivity index (χ1v) is 7.08. The number of aryl methyl sites for hydroxylation is 1. The summed E-state index contributed by atoms with van der Waals surface area (Å²) >= 11 is 1.71. The zero-order chi connectivity index (χ0) is 13.4. The highest BCUT2D eigenvalue weighted by atomic mass is 32.1. The summed E-state index contributed by atoms with van der Waals surface area (Å²) < 4.78 is 7.74. The number of rotatable bonds is 3. The summed E-state index contributed by atoms with van der Waals surface area (Å²) in [5.41, 5.74) is 2.05. The Hall–Kier alpha value is -1.87. The molecule has 0 atom stereocenters. The predicted octanol–water partition coefficient (Wildman–Crippen LogP) is 4.44. The third kappa shape index (κ3) is 1.73. The monoisotopic (exact) mass is 270 g/mol. The maximum absolute atomic E-state index is 11.3. The minimum Gasteiger partial charge on any atom is -0.495 e. The summed E-state index contributed by atoms with van der Waals surface area (Å²) in [7, 11) is 1.67. The van der Waals surface area contributed by atoms with E-state index in [1.165, 1.54) is 10.3 Å². The highest BCUT2D eigenvalue weighted by Crippen LogP contribution is 2.42. The van der Waals surface area contributed by atoms with E-state index in [4.69, 9.17) is 4.74 Å². The van der Waals surface area contributed by atoms with E-state index in [0.717, 1.165) is 39.5 Å². The van der Waals surface area contributed by atoms with Gasteiger partial charge in [-0.1, -0.05) is 25.1 Å². The SMILES string of the molecule is CCc1cccc2c1sc1c(OC)ccc(C=O)c12. The van der Waals surface area contributed by atoms with E-state index in [0.29, 0.717) is 0 Å². The molecular weight excluding hydrogens is 256 g/mol. The maximum atomic E-state index is 11.3. The fourth-order valence-electron chi connectivity index (χ4n) is 2.50. The molecule has 0 fully saturated rings. The van der Waals surface area contributed by atoms with Crippen molar-refractivity contribution in [2.75, 3.05) is 7.11 Å². The van der Waals surface area contributed by atoms with E-state index in [2.05, 4.69) is 25.1 Å². The summed E-state index contributed by atoms with van der Waals surface area (Å²) in [6, 6.07) is 9.98. The van der Waals surface area contributed by atoms with Gasteiger partial charge < -0.3 is 4.74 Å². The first-order valence-electron chi connectivity index (χ1n) is 6.26. The second-order valence-electron chi connectivity index (χ2n) is 4.43. The van der Waals surface area contributed by atoms with Gasteiger partial charge in [-0.25, -0.2) is 0 Å². The molecule has 0 amide bonds. The Morgan fingerprint density at radius 1 is 1.21 bits per heavy atom. The molecule has 0 aliphatic heterocycles. The van der Waals surface area contributed by atoms with Crippen molar-refractivity contribution < 1.29 is 9.53 Å². The molecule has 0 saturated heterocycles. The average Bonchev–Trinajstić information content (AvgIpc) is 2.85. The number of aldehydes is 1. The van der Waals surface area contributed by atoms with Crippen molar-refractivity contribution >= 4 is 37.8 Å².